The molecule has 0 aliphatic heterocycles. The van der Waals surface area contributed by atoms with E-state index in [-0.39, 0.29) is 17.9 Å². The summed E-state index contributed by atoms with van der Waals surface area (Å²) in [5, 5.41) is 10.8. The molecular weight excluding hydrogens is 268 g/mol. The SMILES string of the molecule is COC(=O)C(O)(C(C)C)C(C)c1ccc(OC(C)C)cc1. The largest absolute Gasteiger partial charge is 0.491 e. The average Bonchev–Trinajstić information content (AvgIpc) is 2.44. The lowest BCUT2D eigenvalue weighted by molar-refractivity contribution is -0.170. The number of carbonyl (C=O) groups excluding carboxylic acids is 1. The van der Waals surface area contributed by atoms with Crippen molar-refractivity contribution in [1.29, 1.82) is 0 Å². The van der Waals surface area contributed by atoms with Gasteiger partial charge in [0.2, 0.25) is 0 Å². The maximum atomic E-state index is 12.0. The van der Waals surface area contributed by atoms with Crippen LogP contribution in [0.5, 0.6) is 5.75 Å². The lowest BCUT2D eigenvalue weighted by Gasteiger charge is -2.35. The van der Waals surface area contributed by atoms with Crippen LogP contribution >= 0.6 is 0 Å². The number of benzene rings is 1. The van der Waals surface area contributed by atoms with Gasteiger partial charge in [0.1, 0.15) is 5.75 Å². The third kappa shape index (κ3) is 3.76. The van der Waals surface area contributed by atoms with Gasteiger partial charge in [-0.05, 0) is 37.5 Å². The second-order valence-electron chi connectivity index (χ2n) is 5.93. The van der Waals surface area contributed by atoms with E-state index < -0.39 is 11.6 Å². The second kappa shape index (κ2) is 6.94. The maximum Gasteiger partial charge on any atom is 0.338 e. The van der Waals surface area contributed by atoms with Gasteiger partial charge in [0.15, 0.2) is 5.60 Å². The van der Waals surface area contributed by atoms with Crippen LogP contribution in [0.2, 0.25) is 0 Å². The molecule has 118 valence electrons. The molecule has 0 amide bonds. The van der Waals surface area contributed by atoms with Crippen molar-refractivity contribution in [3.63, 3.8) is 0 Å². The predicted octanol–water partition coefficient (Wildman–Crippen LogP) is 3.14. The van der Waals surface area contributed by atoms with Crippen LogP contribution in [0.1, 0.15) is 46.1 Å². The molecule has 4 heteroatoms. The number of methoxy groups -OCH3 is 1. The quantitative estimate of drug-likeness (QED) is 0.819. The minimum Gasteiger partial charge on any atom is -0.491 e. The average molecular weight is 294 g/mol. The fourth-order valence-electron chi connectivity index (χ4n) is 2.44. The summed E-state index contributed by atoms with van der Waals surface area (Å²) in [7, 11) is 1.29. The summed E-state index contributed by atoms with van der Waals surface area (Å²) in [6.45, 7) is 9.37. The topological polar surface area (TPSA) is 55.8 Å². The first kappa shape index (κ1) is 17.5. The van der Waals surface area contributed by atoms with Crippen LogP contribution in [0.25, 0.3) is 0 Å². The van der Waals surface area contributed by atoms with E-state index in [0.717, 1.165) is 11.3 Å². The Morgan fingerprint density at radius 3 is 2.00 bits per heavy atom. The highest BCUT2D eigenvalue weighted by Gasteiger charge is 2.46. The van der Waals surface area contributed by atoms with Crippen molar-refractivity contribution in [3.05, 3.63) is 29.8 Å². The van der Waals surface area contributed by atoms with Crippen LogP contribution in [0.4, 0.5) is 0 Å². The smallest absolute Gasteiger partial charge is 0.338 e. The van der Waals surface area contributed by atoms with E-state index in [2.05, 4.69) is 0 Å². The monoisotopic (exact) mass is 294 g/mol. The van der Waals surface area contributed by atoms with Crippen molar-refractivity contribution >= 4 is 5.97 Å². The zero-order valence-electron chi connectivity index (χ0n) is 13.7. The highest BCUT2D eigenvalue weighted by atomic mass is 16.5. The van der Waals surface area contributed by atoms with E-state index >= 15 is 0 Å². The Kier molecular flexibility index (Phi) is 5.78. The van der Waals surface area contributed by atoms with Crippen molar-refractivity contribution in [3.8, 4) is 5.75 Å². The molecule has 0 heterocycles. The molecule has 0 radical (unpaired) electrons. The van der Waals surface area contributed by atoms with E-state index in [1.165, 1.54) is 7.11 Å². The summed E-state index contributed by atoms with van der Waals surface area (Å²) in [6.07, 6.45) is 0.107. The molecule has 1 rings (SSSR count). The van der Waals surface area contributed by atoms with Crippen LogP contribution < -0.4 is 4.74 Å². The number of aliphatic hydroxyl groups is 1. The Bertz CT molecular complexity index is 464. The zero-order valence-corrected chi connectivity index (χ0v) is 13.7. The van der Waals surface area contributed by atoms with E-state index in [9.17, 15) is 9.90 Å². The minimum absolute atomic E-state index is 0.107. The van der Waals surface area contributed by atoms with Gasteiger partial charge in [0.05, 0.1) is 13.2 Å². The molecule has 0 aromatic heterocycles. The summed E-state index contributed by atoms with van der Waals surface area (Å²) >= 11 is 0. The summed E-state index contributed by atoms with van der Waals surface area (Å²) < 4.78 is 10.4. The standard InChI is InChI=1S/C17H26O4/c1-11(2)17(19,16(18)20-6)13(5)14-7-9-15(10-8-14)21-12(3)4/h7-13,19H,1-6H3. The molecule has 0 aliphatic carbocycles. The third-order valence-electron chi connectivity index (χ3n) is 3.80. The van der Waals surface area contributed by atoms with E-state index in [1.807, 2.05) is 58.9 Å². The summed E-state index contributed by atoms with van der Waals surface area (Å²) in [4.78, 5) is 12.0. The third-order valence-corrected chi connectivity index (χ3v) is 3.80. The molecule has 0 fully saturated rings. The highest BCUT2D eigenvalue weighted by molar-refractivity contribution is 5.81. The molecule has 0 aliphatic rings. The lowest BCUT2D eigenvalue weighted by Crippen LogP contribution is -2.49. The minimum atomic E-state index is -1.55. The highest BCUT2D eigenvalue weighted by Crippen LogP contribution is 2.35. The van der Waals surface area contributed by atoms with Crippen LogP contribution in [0.15, 0.2) is 24.3 Å². The summed E-state index contributed by atoms with van der Waals surface area (Å²) in [6, 6.07) is 7.45. The number of esters is 1. The first-order valence-corrected chi connectivity index (χ1v) is 7.30. The Morgan fingerprint density at radius 1 is 1.10 bits per heavy atom. The number of carbonyl (C=O) groups is 1. The van der Waals surface area contributed by atoms with E-state index in [0.29, 0.717) is 0 Å². The van der Waals surface area contributed by atoms with Crippen molar-refractivity contribution < 1.29 is 19.4 Å². The molecule has 0 bridgehead atoms. The zero-order chi connectivity index (χ0) is 16.2. The lowest BCUT2D eigenvalue weighted by atomic mass is 9.76. The van der Waals surface area contributed by atoms with Gasteiger partial charge in [-0.3, -0.25) is 0 Å². The van der Waals surface area contributed by atoms with Crippen molar-refractivity contribution in [2.24, 2.45) is 5.92 Å². The molecule has 2 atom stereocenters. The van der Waals surface area contributed by atoms with E-state index in [1.54, 1.807) is 0 Å². The molecule has 1 aromatic carbocycles. The van der Waals surface area contributed by atoms with Crippen LogP contribution in [-0.2, 0) is 9.53 Å². The molecule has 0 saturated carbocycles. The van der Waals surface area contributed by atoms with Crippen LogP contribution in [0, 0.1) is 5.92 Å². The van der Waals surface area contributed by atoms with Crippen LogP contribution in [0.3, 0.4) is 0 Å². The number of ether oxygens (including phenoxy) is 2. The summed E-state index contributed by atoms with van der Waals surface area (Å²) in [5.41, 5.74) is -0.678. The molecule has 1 aromatic rings. The van der Waals surface area contributed by atoms with Gasteiger partial charge in [-0.25, -0.2) is 4.79 Å². The first-order chi connectivity index (χ1) is 9.73. The second-order valence-corrected chi connectivity index (χ2v) is 5.93. The molecule has 0 saturated heterocycles. The molecular formula is C17H26O4. The Hall–Kier alpha value is -1.55. The molecule has 21 heavy (non-hydrogen) atoms. The Balaban J connectivity index is 3.05. The van der Waals surface area contributed by atoms with Gasteiger partial charge in [-0.15, -0.1) is 0 Å². The van der Waals surface area contributed by atoms with Gasteiger partial charge in [-0.1, -0.05) is 32.9 Å². The fourth-order valence-corrected chi connectivity index (χ4v) is 2.44. The molecule has 2 unspecified atom stereocenters. The first-order valence-electron chi connectivity index (χ1n) is 7.30. The van der Waals surface area contributed by atoms with Crippen molar-refractivity contribution in [2.75, 3.05) is 7.11 Å². The van der Waals surface area contributed by atoms with Crippen molar-refractivity contribution in [1.82, 2.24) is 0 Å². The van der Waals surface area contributed by atoms with Crippen molar-refractivity contribution in [2.45, 2.75) is 52.2 Å². The Labute approximate surface area is 127 Å². The predicted molar refractivity (Wildman–Crippen MR) is 82.4 cm³/mol. The Morgan fingerprint density at radius 2 is 1.62 bits per heavy atom. The van der Waals surface area contributed by atoms with Gasteiger partial charge in [-0.2, -0.15) is 0 Å². The van der Waals surface area contributed by atoms with Gasteiger partial charge in [0, 0.05) is 5.92 Å². The number of rotatable bonds is 6. The van der Waals surface area contributed by atoms with Gasteiger partial charge in [0.25, 0.3) is 0 Å². The fraction of sp³-hybridized carbons (Fsp3) is 0.588. The molecule has 1 N–H and O–H groups in total. The van der Waals surface area contributed by atoms with Crippen LogP contribution in [-0.4, -0.2) is 29.9 Å². The molecule has 4 nitrogen and oxygen atoms in total. The summed E-state index contributed by atoms with van der Waals surface area (Å²) in [5.74, 6) is -0.468. The van der Waals surface area contributed by atoms with Gasteiger partial charge < -0.3 is 14.6 Å². The van der Waals surface area contributed by atoms with E-state index in [4.69, 9.17) is 9.47 Å². The molecule has 0 spiro atoms. The normalized spacial score (nSPS) is 15.7. The number of hydrogen-bond donors (Lipinski definition) is 1. The number of hydrogen-bond acceptors (Lipinski definition) is 4. The van der Waals surface area contributed by atoms with Gasteiger partial charge >= 0.3 is 5.97 Å². The maximum absolute atomic E-state index is 12.0.